The molecule has 2 atom stereocenters. The van der Waals surface area contributed by atoms with Gasteiger partial charge in [0.25, 0.3) is 0 Å². The average Bonchev–Trinajstić information content (AvgIpc) is 3.27. The molecule has 0 amide bonds. The highest BCUT2D eigenvalue weighted by molar-refractivity contribution is 5.84. The number of aromatic nitrogens is 2. The minimum atomic E-state index is 0.221. The molecule has 0 bridgehead atoms. The Morgan fingerprint density at radius 2 is 1.83 bits per heavy atom. The molecule has 3 aromatic rings. The van der Waals surface area contributed by atoms with Gasteiger partial charge in [0.15, 0.2) is 0 Å². The largest absolute Gasteiger partial charge is 0.493 e. The van der Waals surface area contributed by atoms with E-state index in [1.54, 1.807) is 0 Å². The Bertz CT molecular complexity index is 913. The Morgan fingerprint density at radius 1 is 1.07 bits per heavy atom. The van der Waals surface area contributed by atoms with Crippen molar-refractivity contribution in [2.45, 2.75) is 51.1 Å². The van der Waals surface area contributed by atoms with Crippen molar-refractivity contribution in [3.63, 3.8) is 0 Å². The van der Waals surface area contributed by atoms with Crippen molar-refractivity contribution < 1.29 is 4.74 Å². The van der Waals surface area contributed by atoms with E-state index < -0.39 is 0 Å². The minimum Gasteiger partial charge on any atom is -0.493 e. The normalized spacial score (nSPS) is 17.5. The van der Waals surface area contributed by atoms with Gasteiger partial charge in [-0.2, -0.15) is 0 Å². The third kappa shape index (κ3) is 4.64. The number of rotatable bonds is 7. The molecule has 0 spiro atoms. The lowest BCUT2D eigenvalue weighted by Gasteiger charge is -2.31. The fourth-order valence-electron chi connectivity index (χ4n) is 4.50. The van der Waals surface area contributed by atoms with Gasteiger partial charge in [-0.1, -0.05) is 37.5 Å². The second-order valence-electron chi connectivity index (χ2n) is 8.74. The van der Waals surface area contributed by atoms with E-state index in [0.29, 0.717) is 6.04 Å². The van der Waals surface area contributed by atoms with Gasteiger partial charge in [-0.25, -0.2) is 4.98 Å². The van der Waals surface area contributed by atoms with Crippen LogP contribution in [0.5, 0.6) is 5.75 Å². The number of nitrogens with zero attached hydrogens (tertiary/aromatic N) is 3. The van der Waals surface area contributed by atoms with Crippen LogP contribution in [0.25, 0.3) is 10.8 Å². The molecular formula is C25H33N3O. The summed E-state index contributed by atoms with van der Waals surface area (Å²) in [6.45, 7) is 3.11. The molecule has 4 rings (SSSR count). The summed E-state index contributed by atoms with van der Waals surface area (Å²) in [7, 11) is 4.26. The molecule has 0 radical (unpaired) electrons. The Hall–Kier alpha value is -2.33. The number of imidazole rings is 1. The van der Waals surface area contributed by atoms with Crippen molar-refractivity contribution in [3.05, 3.63) is 60.7 Å². The van der Waals surface area contributed by atoms with Gasteiger partial charge in [-0.15, -0.1) is 0 Å². The topological polar surface area (TPSA) is 30.3 Å². The van der Waals surface area contributed by atoms with Crippen LogP contribution in [-0.2, 0) is 0 Å². The van der Waals surface area contributed by atoms with Crippen molar-refractivity contribution >= 4 is 10.8 Å². The molecule has 0 saturated heterocycles. The summed E-state index contributed by atoms with van der Waals surface area (Å²) >= 11 is 0. The number of hydrogen-bond acceptors (Lipinski definition) is 3. The van der Waals surface area contributed by atoms with Gasteiger partial charge in [0, 0.05) is 18.4 Å². The fraction of sp³-hybridized carbons (Fsp3) is 0.480. The van der Waals surface area contributed by atoms with Crippen LogP contribution < -0.4 is 4.74 Å². The van der Waals surface area contributed by atoms with E-state index in [4.69, 9.17) is 4.74 Å². The van der Waals surface area contributed by atoms with E-state index in [0.717, 1.165) is 18.3 Å². The third-order valence-electron chi connectivity index (χ3n) is 6.51. The van der Waals surface area contributed by atoms with Crippen molar-refractivity contribution in [2.24, 2.45) is 5.92 Å². The molecule has 4 nitrogen and oxygen atoms in total. The fourth-order valence-corrected chi connectivity index (χ4v) is 4.50. The summed E-state index contributed by atoms with van der Waals surface area (Å²) in [5.74, 6) is 1.72. The molecule has 1 aromatic heterocycles. The predicted octanol–water partition coefficient (Wildman–Crippen LogP) is 5.53. The van der Waals surface area contributed by atoms with E-state index in [1.165, 1.54) is 48.4 Å². The first-order valence-corrected chi connectivity index (χ1v) is 10.9. The van der Waals surface area contributed by atoms with E-state index in [1.807, 2.05) is 12.5 Å². The molecule has 1 aliphatic carbocycles. The molecule has 2 unspecified atom stereocenters. The van der Waals surface area contributed by atoms with Crippen molar-refractivity contribution in [3.8, 4) is 5.75 Å². The van der Waals surface area contributed by atoms with Crippen LogP contribution >= 0.6 is 0 Å². The molecule has 29 heavy (non-hydrogen) atoms. The van der Waals surface area contributed by atoms with Gasteiger partial charge < -0.3 is 14.2 Å². The Labute approximate surface area is 174 Å². The zero-order chi connectivity index (χ0) is 20.2. The lowest BCUT2D eigenvalue weighted by atomic mass is 9.90. The summed E-state index contributed by atoms with van der Waals surface area (Å²) in [5, 5.41) is 2.49. The average molecular weight is 392 g/mol. The van der Waals surface area contributed by atoms with Crippen LogP contribution in [0.3, 0.4) is 0 Å². The van der Waals surface area contributed by atoms with E-state index in [9.17, 15) is 0 Å². The third-order valence-corrected chi connectivity index (χ3v) is 6.51. The lowest BCUT2D eigenvalue weighted by Crippen LogP contribution is -2.34. The molecular weight excluding hydrogens is 358 g/mol. The van der Waals surface area contributed by atoms with Gasteiger partial charge in [0.1, 0.15) is 5.75 Å². The van der Waals surface area contributed by atoms with Crippen molar-refractivity contribution in [1.29, 1.82) is 0 Å². The molecule has 2 aromatic carbocycles. The molecule has 1 heterocycles. The molecule has 1 fully saturated rings. The van der Waals surface area contributed by atoms with E-state index in [2.05, 4.69) is 78.1 Å². The second kappa shape index (κ2) is 9.00. The van der Waals surface area contributed by atoms with Crippen LogP contribution in [0.15, 0.2) is 55.1 Å². The highest BCUT2D eigenvalue weighted by Crippen LogP contribution is 2.30. The zero-order valence-corrected chi connectivity index (χ0v) is 17.9. The number of hydrogen-bond donors (Lipinski definition) is 0. The monoisotopic (exact) mass is 391 g/mol. The predicted molar refractivity (Wildman–Crippen MR) is 120 cm³/mol. The minimum absolute atomic E-state index is 0.221. The maximum atomic E-state index is 6.14. The standard InChI is InChI=1S/C25H33N3O/c1-19(27(2)3)25(28-14-13-26-18-28)23-10-9-22-16-24(12-11-21(22)15-23)29-17-20-7-5-4-6-8-20/h9-16,18-20,25H,4-8,17H2,1-3H3. The Morgan fingerprint density at radius 3 is 2.55 bits per heavy atom. The van der Waals surface area contributed by atoms with Crippen LogP contribution in [0.2, 0.25) is 0 Å². The number of benzene rings is 2. The van der Waals surface area contributed by atoms with Crippen molar-refractivity contribution in [2.75, 3.05) is 20.7 Å². The van der Waals surface area contributed by atoms with Crippen LogP contribution in [0.4, 0.5) is 0 Å². The Balaban J connectivity index is 1.55. The van der Waals surface area contributed by atoms with Gasteiger partial charge in [0.05, 0.1) is 19.0 Å². The maximum Gasteiger partial charge on any atom is 0.119 e. The van der Waals surface area contributed by atoms with Gasteiger partial charge in [-0.3, -0.25) is 0 Å². The van der Waals surface area contributed by atoms with Crippen LogP contribution in [0.1, 0.15) is 50.6 Å². The lowest BCUT2D eigenvalue weighted by molar-refractivity contribution is 0.209. The first-order chi connectivity index (χ1) is 14.1. The molecule has 4 heteroatoms. The summed E-state index contributed by atoms with van der Waals surface area (Å²) in [4.78, 5) is 6.53. The summed E-state index contributed by atoms with van der Waals surface area (Å²) in [6.07, 6.45) is 12.6. The Kier molecular flexibility index (Phi) is 6.19. The van der Waals surface area contributed by atoms with E-state index >= 15 is 0 Å². The van der Waals surface area contributed by atoms with E-state index in [-0.39, 0.29) is 6.04 Å². The highest BCUT2D eigenvalue weighted by Gasteiger charge is 2.23. The second-order valence-corrected chi connectivity index (χ2v) is 8.74. The van der Waals surface area contributed by atoms with Gasteiger partial charge in [0.2, 0.25) is 0 Å². The first-order valence-electron chi connectivity index (χ1n) is 10.9. The number of fused-ring (bicyclic) bond motifs is 1. The highest BCUT2D eigenvalue weighted by atomic mass is 16.5. The maximum absolute atomic E-state index is 6.14. The smallest absolute Gasteiger partial charge is 0.119 e. The number of likely N-dealkylation sites (N-methyl/N-ethyl adjacent to an activating group) is 1. The quantitative estimate of drug-likeness (QED) is 0.530. The molecule has 0 N–H and O–H groups in total. The van der Waals surface area contributed by atoms with Crippen molar-refractivity contribution in [1.82, 2.24) is 14.5 Å². The van der Waals surface area contributed by atoms with Gasteiger partial charge >= 0.3 is 0 Å². The first kappa shape index (κ1) is 20.0. The molecule has 154 valence electrons. The molecule has 1 saturated carbocycles. The SMILES string of the molecule is CC(C(c1ccc2cc(OCC3CCCCC3)ccc2c1)n1ccnc1)N(C)C. The molecule has 1 aliphatic rings. The van der Waals surface area contributed by atoms with Gasteiger partial charge in [-0.05, 0) is 74.3 Å². The summed E-state index contributed by atoms with van der Waals surface area (Å²) in [5.41, 5.74) is 1.30. The zero-order valence-electron chi connectivity index (χ0n) is 17.9. The summed E-state index contributed by atoms with van der Waals surface area (Å²) < 4.78 is 8.34. The van der Waals surface area contributed by atoms with Crippen LogP contribution in [-0.4, -0.2) is 41.2 Å². The number of ether oxygens (including phenoxy) is 1. The molecule has 0 aliphatic heterocycles. The van der Waals surface area contributed by atoms with Crippen LogP contribution in [0, 0.1) is 5.92 Å². The summed E-state index contributed by atoms with van der Waals surface area (Å²) in [6, 6.07) is 13.9.